The van der Waals surface area contributed by atoms with Crippen LogP contribution in [0.15, 0.2) is 24.3 Å². The Morgan fingerprint density at radius 3 is 2.65 bits per heavy atom. The number of aliphatic carboxylic acids is 1. The van der Waals surface area contributed by atoms with Gasteiger partial charge in [-0.1, -0.05) is 25.5 Å². The van der Waals surface area contributed by atoms with Crippen molar-refractivity contribution in [2.75, 3.05) is 5.32 Å². The van der Waals surface area contributed by atoms with Crippen LogP contribution in [0.2, 0.25) is 0 Å². The average molecular weight is 235 g/mol. The normalized spacial score (nSPS) is 11.9. The van der Waals surface area contributed by atoms with Crippen molar-refractivity contribution in [1.29, 1.82) is 0 Å². The van der Waals surface area contributed by atoms with Gasteiger partial charge in [-0.2, -0.15) is 0 Å². The Hall–Kier alpha value is -1.84. The number of carbonyl (C=O) groups excluding carboxylic acids is 1. The minimum atomic E-state index is -0.827. The molecule has 0 saturated carbocycles. The molecule has 92 valence electrons. The monoisotopic (exact) mass is 235 g/mol. The van der Waals surface area contributed by atoms with Crippen LogP contribution in [0.25, 0.3) is 0 Å². The summed E-state index contributed by atoms with van der Waals surface area (Å²) in [4.78, 5) is 22.1. The lowest BCUT2D eigenvalue weighted by Gasteiger charge is -2.13. The molecular weight excluding hydrogens is 218 g/mol. The maximum absolute atomic E-state index is 11.1. The molecule has 17 heavy (non-hydrogen) atoms. The van der Waals surface area contributed by atoms with Crippen molar-refractivity contribution in [1.82, 2.24) is 0 Å². The van der Waals surface area contributed by atoms with Crippen molar-refractivity contribution in [2.45, 2.75) is 32.6 Å². The van der Waals surface area contributed by atoms with E-state index >= 15 is 0 Å². The quantitative estimate of drug-likeness (QED) is 0.824. The van der Waals surface area contributed by atoms with E-state index in [-0.39, 0.29) is 5.91 Å². The molecule has 1 aromatic rings. The Kier molecular flexibility index (Phi) is 4.69. The number of hydrogen-bond acceptors (Lipinski definition) is 2. The fourth-order valence-electron chi connectivity index (χ4n) is 1.76. The molecule has 0 heterocycles. The SMILES string of the molecule is CCCC(C(=O)O)c1cccc(NC(C)=O)c1. The Balaban J connectivity index is 2.95. The summed E-state index contributed by atoms with van der Waals surface area (Å²) < 4.78 is 0. The Bertz CT molecular complexity index is 415. The summed E-state index contributed by atoms with van der Waals surface area (Å²) >= 11 is 0. The molecule has 0 aliphatic rings. The van der Waals surface area contributed by atoms with Gasteiger partial charge in [0.25, 0.3) is 0 Å². The van der Waals surface area contributed by atoms with Gasteiger partial charge in [-0.25, -0.2) is 0 Å². The van der Waals surface area contributed by atoms with Crippen LogP contribution in [0.1, 0.15) is 38.2 Å². The smallest absolute Gasteiger partial charge is 0.310 e. The van der Waals surface area contributed by atoms with E-state index in [1.165, 1.54) is 6.92 Å². The molecule has 0 aromatic heterocycles. The zero-order chi connectivity index (χ0) is 12.8. The highest BCUT2D eigenvalue weighted by atomic mass is 16.4. The molecule has 2 N–H and O–H groups in total. The van der Waals surface area contributed by atoms with Gasteiger partial charge in [0.15, 0.2) is 0 Å². The van der Waals surface area contributed by atoms with Gasteiger partial charge in [0, 0.05) is 12.6 Å². The summed E-state index contributed by atoms with van der Waals surface area (Å²) in [6.45, 7) is 3.38. The van der Waals surface area contributed by atoms with Crippen LogP contribution in [0.3, 0.4) is 0 Å². The molecule has 1 rings (SSSR count). The minimum absolute atomic E-state index is 0.162. The van der Waals surface area contributed by atoms with Crippen molar-refractivity contribution in [3.05, 3.63) is 29.8 Å². The van der Waals surface area contributed by atoms with Crippen LogP contribution in [0.5, 0.6) is 0 Å². The van der Waals surface area contributed by atoms with Crippen LogP contribution in [-0.4, -0.2) is 17.0 Å². The van der Waals surface area contributed by atoms with E-state index in [2.05, 4.69) is 5.32 Å². The highest BCUT2D eigenvalue weighted by molar-refractivity contribution is 5.89. The lowest BCUT2D eigenvalue weighted by Crippen LogP contribution is -2.12. The standard InChI is InChI=1S/C13H17NO3/c1-3-5-12(13(16)17)10-6-4-7-11(8-10)14-9(2)15/h4,6-8,12H,3,5H2,1-2H3,(H,14,15)(H,16,17). The predicted octanol–water partition coefficient (Wildman–Crippen LogP) is 2.61. The maximum atomic E-state index is 11.1. The Labute approximate surface area is 101 Å². The highest BCUT2D eigenvalue weighted by Crippen LogP contribution is 2.24. The largest absolute Gasteiger partial charge is 0.481 e. The van der Waals surface area contributed by atoms with Crippen LogP contribution in [0.4, 0.5) is 5.69 Å². The van der Waals surface area contributed by atoms with Gasteiger partial charge in [0.2, 0.25) is 5.91 Å². The van der Waals surface area contributed by atoms with Gasteiger partial charge in [-0.15, -0.1) is 0 Å². The second kappa shape index (κ2) is 6.03. The average Bonchev–Trinajstić information content (AvgIpc) is 2.24. The summed E-state index contributed by atoms with van der Waals surface area (Å²) in [5, 5.41) is 11.8. The van der Waals surface area contributed by atoms with Crippen LogP contribution in [-0.2, 0) is 9.59 Å². The summed E-state index contributed by atoms with van der Waals surface area (Å²) in [6.07, 6.45) is 1.40. The molecule has 0 fully saturated rings. The summed E-state index contributed by atoms with van der Waals surface area (Å²) in [5.41, 5.74) is 1.36. The predicted molar refractivity (Wildman–Crippen MR) is 66.0 cm³/mol. The lowest BCUT2D eigenvalue weighted by atomic mass is 9.94. The highest BCUT2D eigenvalue weighted by Gasteiger charge is 2.18. The van der Waals surface area contributed by atoms with E-state index in [0.717, 1.165) is 12.0 Å². The molecule has 1 atom stereocenters. The number of rotatable bonds is 5. The topological polar surface area (TPSA) is 66.4 Å². The zero-order valence-corrected chi connectivity index (χ0v) is 10.1. The molecule has 0 radical (unpaired) electrons. The number of carboxylic acid groups (broad SMARTS) is 1. The molecule has 0 aliphatic carbocycles. The van der Waals surface area contributed by atoms with E-state index in [1.54, 1.807) is 24.3 Å². The maximum Gasteiger partial charge on any atom is 0.310 e. The van der Waals surface area contributed by atoms with Crippen molar-refractivity contribution >= 4 is 17.6 Å². The van der Waals surface area contributed by atoms with E-state index in [1.807, 2.05) is 6.92 Å². The van der Waals surface area contributed by atoms with Crippen molar-refractivity contribution < 1.29 is 14.7 Å². The van der Waals surface area contributed by atoms with Crippen molar-refractivity contribution in [3.63, 3.8) is 0 Å². The number of carbonyl (C=O) groups is 2. The molecule has 0 bridgehead atoms. The third-order valence-electron chi connectivity index (χ3n) is 2.48. The first-order valence-corrected chi connectivity index (χ1v) is 5.65. The van der Waals surface area contributed by atoms with Crippen LogP contribution < -0.4 is 5.32 Å². The second-order valence-corrected chi connectivity index (χ2v) is 3.99. The second-order valence-electron chi connectivity index (χ2n) is 3.99. The van der Waals surface area contributed by atoms with Gasteiger partial charge in [-0.3, -0.25) is 9.59 Å². The fourth-order valence-corrected chi connectivity index (χ4v) is 1.76. The van der Waals surface area contributed by atoms with E-state index in [9.17, 15) is 9.59 Å². The first-order chi connectivity index (χ1) is 8.04. The lowest BCUT2D eigenvalue weighted by molar-refractivity contribution is -0.139. The van der Waals surface area contributed by atoms with E-state index in [0.29, 0.717) is 12.1 Å². The number of anilines is 1. The number of amides is 1. The third kappa shape index (κ3) is 3.90. The van der Waals surface area contributed by atoms with Crippen molar-refractivity contribution in [3.8, 4) is 0 Å². The van der Waals surface area contributed by atoms with Gasteiger partial charge in [0.05, 0.1) is 5.92 Å². The zero-order valence-electron chi connectivity index (χ0n) is 10.1. The fraction of sp³-hybridized carbons (Fsp3) is 0.385. The number of nitrogens with one attached hydrogen (secondary N) is 1. The summed E-state index contributed by atoms with van der Waals surface area (Å²) in [5.74, 6) is -1.50. The van der Waals surface area contributed by atoms with Gasteiger partial charge in [-0.05, 0) is 24.1 Å². The molecular formula is C13H17NO3. The third-order valence-corrected chi connectivity index (χ3v) is 2.48. The van der Waals surface area contributed by atoms with E-state index < -0.39 is 11.9 Å². The van der Waals surface area contributed by atoms with Crippen LogP contribution in [0, 0.1) is 0 Å². The van der Waals surface area contributed by atoms with Crippen molar-refractivity contribution in [2.24, 2.45) is 0 Å². The number of benzene rings is 1. The first kappa shape index (κ1) is 13.2. The first-order valence-electron chi connectivity index (χ1n) is 5.65. The summed E-state index contributed by atoms with van der Waals surface area (Å²) in [6, 6.07) is 7.00. The van der Waals surface area contributed by atoms with Gasteiger partial charge < -0.3 is 10.4 Å². The molecule has 1 amide bonds. The molecule has 0 spiro atoms. The Morgan fingerprint density at radius 2 is 2.12 bits per heavy atom. The number of hydrogen-bond donors (Lipinski definition) is 2. The van der Waals surface area contributed by atoms with Gasteiger partial charge >= 0.3 is 5.97 Å². The Morgan fingerprint density at radius 1 is 1.41 bits per heavy atom. The molecule has 4 heteroatoms. The van der Waals surface area contributed by atoms with Crippen LogP contribution >= 0.6 is 0 Å². The molecule has 1 unspecified atom stereocenters. The summed E-state index contributed by atoms with van der Waals surface area (Å²) in [7, 11) is 0. The number of carboxylic acids is 1. The molecule has 4 nitrogen and oxygen atoms in total. The minimum Gasteiger partial charge on any atom is -0.481 e. The molecule has 0 aliphatic heterocycles. The van der Waals surface area contributed by atoms with Gasteiger partial charge in [0.1, 0.15) is 0 Å². The molecule has 0 saturated heterocycles. The molecule has 1 aromatic carbocycles. The van der Waals surface area contributed by atoms with E-state index in [4.69, 9.17) is 5.11 Å².